The molecule has 0 saturated heterocycles. The van der Waals surface area contributed by atoms with E-state index in [1.807, 2.05) is 6.07 Å². The lowest BCUT2D eigenvalue weighted by molar-refractivity contribution is 1.07. The van der Waals surface area contributed by atoms with Gasteiger partial charge in [0.1, 0.15) is 8.07 Å². The predicted molar refractivity (Wildman–Crippen MR) is 224 cm³/mol. The molecular formula is C49H35N3Si. The maximum absolute atomic E-state index is 5.21. The highest BCUT2D eigenvalue weighted by Crippen LogP contribution is 2.37. The van der Waals surface area contributed by atoms with E-state index in [-0.39, 0.29) is 0 Å². The topological polar surface area (TPSA) is 38.7 Å². The molecule has 10 rings (SSSR count). The fraction of sp³-hybridized carbons (Fsp3) is 0.0408. The number of rotatable bonds is 5. The van der Waals surface area contributed by atoms with E-state index in [9.17, 15) is 0 Å². The first kappa shape index (κ1) is 31.3. The second-order valence-corrected chi connectivity index (χ2v) is 18.8. The van der Waals surface area contributed by atoms with Gasteiger partial charge in [-0.25, -0.2) is 15.0 Å². The van der Waals surface area contributed by atoms with E-state index in [0.29, 0.717) is 17.5 Å². The monoisotopic (exact) mass is 693 g/mol. The SMILES string of the molecule is C[Si]1(C)c2ccc(-c3nc(-c4ccc(-c5ccccc5)cc4)nc(-c4ccc5cc(-c6ccccc6)ccc5c4)n3)cc2-c2c1ccc1ccccc21. The highest BCUT2D eigenvalue weighted by atomic mass is 28.3. The summed E-state index contributed by atoms with van der Waals surface area (Å²) in [5.74, 6) is 1.99. The van der Waals surface area contributed by atoms with Crippen molar-refractivity contribution in [3.05, 3.63) is 176 Å². The number of nitrogens with zero attached hydrogens (tertiary/aromatic N) is 3. The molecule has 1 aliphatic heterocycles. The van der Waals surface area contributed by atoms with Crippen LogP contribution in [0.25, 0.3) is 89.1 Å². The minimum absolute atomic E-state index is 0.658. The second-order valence-electron chi connectivity index (χ2n) is 14.5. The molecule has 0 amide bonds. The lowest BCUT2D eigenvalue weighted by Crippen LogP contribution is -2.49. The summed E-state index contributed by atoms with van der Waals surface area (Å²) in [6.45, 7) is 4.93. The molecule has 3 nitrogen and oxygen atoms in total. The lowest BCUT2D eigenvalue weighted by Gasteiger charge is -2.19. The van der Waals surface area contributed by atoms with E-state index in [1.54, 1.807) is 0 Å². The van der Waals surface area contributed by atoms with Crippen LogP contribution in [0.2, 0.25) is 13.1 Å². The number of hydrogen-bond donors (Lipinski definition) is 0. The van der Waals surface area contributed by atoms with E-state index < -0.39 is 8.07 Å². The number of hydrogen-bond acceptors (Lipinski definition) is 3. The van der Waals surface area contributed by atoms with Gasteiger partial charge in [0.25, 0.3) is 0 Å². The quantitative estimate of drug-likeness (QED) is 0.168. The first-order valence-electron chi connectivity index (χ1n) is 18.2. The zero-order chi connectivity index (χ0) is 35.5. The molecule has 0 aliphatic carbocycles. The molecule has 1 aromatic heterocycles. The van der Waals surface area contributed by atoms with Gasteiger partial charge in [0, 0.05) is 16.7 Å². The Balaban J connectivity index is 1.12. The first-order chi connectivity index (χ1) is 26.0. The molecule has 53 heavy (non-hydrogen) atoms. The van der Waals surface area contributed by atoms with Crippen LogP contribution in [0.4, 0.5) is 0 Å². The minimum atomic E-state index is -1.89. The number of aromatic nitrogens is 3. The zero-order valence-electron chi connectivity index (χ0n) is 29.6. The average molecular weight is 694 g/mol. The third-order valence-electron chi connectivity index (χ3n) is 10.9. The molecule has 0 bridgehead atoms. The van der Waals surface area contributed by atoms with Crippen LogP contribution in [0.3, 0.4) is 0 Å². The summed E-state index contributed by atoms with van der Waals surface area (Å²) >= 11 is 0. The van der Waals surface area contributed by atoms with Gasteiger partial charge in [0.15, 0.2) is 17.5 Å². The van der Waals surface area contributed by atoms with Crippen molar-refractivity contribution < 1.29 is 0 Å². The second kappa shape index (κ2) is 12.3. The van der Waals surface area contributed by atoms with Gasteiger partial charge in [-0.1, -0.05) is 171 Å². The van der Waals surface area contributed by atoms with Crippen molar-refractivity contribution in [2.24, 2.45) is 0 Å². The van der Waals surface area contributed by atoms with E-state index in [4.69, 9.17) is 15.0 Å². The Bertz CT molecular complexity index is 2850. The van der Waals surface area contributed by atoms with Crippen LogP contribution in [-0.4, -0.2) is 23.0 Å². The molecule has 8 aromatic carbocycles. The van der Waals surface area contributed by atoms with Gasteiger partial charge >= 0.3 is 0 Å². The summed E-state index contributed by atoms with van der Waals surface area (Å²) in [4.78, 5) is 15.5. The third-order valence-corrected chi connectivity index (χ3v) is 14.5. The molecule has 0 N–H and O–H groups in total. The van der Waals surface area contributed by atoms with Crippen LogP contribution in [0.5, 0.6) is 0 Å². The van der Waals surface area contributed by atoms with Gasteiger partial charge in [0.2, 0.25) is 0 Å². The van der Waals surface area contributed by atoms with E-state index >= 15 is 0 Å². The summed E-state index contributed by atoms with van der Waals surface area (Å²) in [6.07, 6.45) is 0. The first-order valence-corrected chi connectivity index (χ1v) is 21.2. The van der Waals surface area contributed by atoms with Crippen molar-refractivity contribution in [3.8, 4) is 67.5 Å². The highest BCUT2D eigenvalue weighted by Gasteiger charge is 2.38. The fourth-order valence-electron chi connectivity index (χ4n) is 8.06. The Morgan fingerprint density at radius 1 is 0.340 bits per heavy atom. The Hall–Kier alpha value is -6.49. The predicted octanol–water partition coefficient (Wildman–Crippen LogP) is 11.3. The minimum Gasteiger partial charge on any atom is -0.208 e. The molecular weight excluding hydrogens is 659 g/mol. The van der Waals surface area contributed by atoms with Crippen molar-refractivity contribution in [3.63, 3.8) is 0 Å². The Kier molecular flexibility index (Phi) is 7.27. The van der Waals surface area contributed by atoms with Crippen molar-refractivity contribution in [2.75, 3.05) is 0 Å². The van der Waals surface area contributed by atoms with Crippen molar-refractivity contribution >= 4 is 40.0 Å². The Labute approximate surface area is 310 Å². The van der Waals surface area contributed by atoms with E-state index in [1.165, 1.54) is 54.3 Å². The fourth-order valence-corrected chi connectivity index (χ4v) is 11.1. The molecule has 0 fully saturated rings. The van der Waals surface area contributed by atoms with Crippen LogP contribution in [0.1, 0.15) is 0 Å². The standard InChI is InChI=1S/C49H35N3Si/c1-53(2)44-27-26-41(31-43(44)46-42-16-10-9-15-35(42)25-28-45(46)53)49-51-47(36-19-17-34(18-20-36)32-11-5-3-6-12-32)50-48(52-49)40-24-23-38-29-37(21-22-39(38)30-40)33-13-7-4-8-14-33/h3-31H,1-2H3. The molecule has 0 atom stereocenters. The van der Waals surface area contributed by atoms with Gasteiger partial charge < -0.3 is 0 Å². The van der Waals surface area contributed by atoms with Crippen LogP contribution >= 0.6 is 0 Å². The highest BCUT2D eigenvalue weighted by molar-refractivity contribution is 7.04. The van der Waals surface area contributed by atoms with Crippen LogP contribution < -0.4 is 10.4 Å². The van der Waals surface area contributed by atoms with E-state index in [0.717, 1.165) is 27.6 Å². The summed E-state index contributed by atoms with van der Waals surface area (Å²) in [6, 6.07) is 63.0. The van der Waals surface area contributed by atoms with Gasteiger partial charge in [-0.2, -0.15) is 0 Å². The molecule has 250 valence electrons. The largest absolute Gasteiger partial charge is 0.208 e. The summed E-state index contributed by atoms with van der Waals surface area (Å²) < 4.78 is 0. The molecule has 0 spiro atoms. The Morgan fingerprint density at radius 2 is 0.792 bits per heavy atom. The molecule has 2 heterocycles. The van der Waals surface area contributed by atoms with Gasteiger partial charge in [-0.3, -0.25) is 0 Å². The smallest absolute Gasteiger partial charge is 0.164 e. The Morgan fingerprint density at radius 3 is 1.49 bits per heavy atom. The molecule has 0 unspecified atom stereocenters. The summed E-state index contributed by atoms with van der Waals surface area (Å²) in [5.41, 5.74) is 10.3. The maximum atomic E-state index is 5.21. The molecule has 0 radical (unpaired) electrons. The van der Waals surface area contributed by atoms with Crippen molar-refractivity contribution in [1.29, 1.82) is 0 Å². The third kappa shape index (κ3) is 5.38. The zero-order valence-corrected chi connectivity index (χ0v) is 30.6. The van der Waals surface area contributed by atoms with Crippen LogP contribution in [0.15, 0.2) is 176 Å². The lowest BCUT2D eigenvalue weighted by atomic mass is 9.97. The summed E-state index contributed by atoms with van der Waals surface area (Å²) in [5, 5.41) is 7.85. The molecule has 1 aliphatic rings. The maximum Gasteiger partial charge on any atom is 0.164 e. The van der Waals surface area contributed by atoms with Crippen LogP contribution in [0, 0.1) is 0 Å². The molecule has 4 heteroatoms. The van der Waals surface area contributed by atoms with Crippen molar-refractivity contribution in [1.82, 2.24) is 15.0 Å². The van der Waals surface area contributed by atoms with Gasteiger partial charge in [0.05, 0.1) is 0 Å². The van der Waals surface area contributed by atoms with Gasteiger partial charge in [-0.05, 0) is 83.5 Å². The number of benzene rings is 8. The summed E-state index contributed by atoms with van der Waals surface area (Å²) in [7, 11) is -1.89. The molecule has 9 aromatic rings. The van der Waals surface area contributed by atoms with Crippen LogP contribution in [-0.2, 0) is 0 Å². The van der Waals surface area contributed by atoms with Crippen molar-refractivity contribution in [2.45, 2.75) is 13.1 Å². The van der Waals surface area contributed by atoms with E-state index in [2.05, 4.69) is 183 Å². The average Bonchev–Trinajstić information content (AvgIpc) is 3.46. The molecule has 0 saturated carbocycles. The normalized spacial score (nSPS) is 12.9. The van der Waals surface area contributed by atoms with Gasteiger partial charge in [-0.15, -0.1) is 0 Å². The number of fused-ring (bicyclic) bond motifs is 6.